The molecule has 1 heterocycles. The minimum atomic E-state index is -0.182. The number of rotatable bonds is 3. The van der Waals surface area contributed by atoms with Crippen LogP contribution in [-0.4, -0.2) is 17.4 Å². The molecule has 1 aliphatic carbocycles. The molecule has 1 aliphatic rings. The molecule has 0 saturated heterocycles. The highest BCUT2D eigenvalue weighted by Crippen LogP contribution is 2.36. The van der Waals surface area contributed by atoms with E-state index in [0.717, 1.165) is 5.92 Å². The number of halogens is 1. The molecule has 2 unspecified atom stereocenters. The number of aromatic nitrogens is 1. The number of nitrogen functional groups attached to an aromatic ring is 1. The van der Waals surface area contributed by atoms with Crippen molar-refractivity contribution in [2.45, 2.75) is 13.3 Å². The molecule has 3 N–H and O–H groups in total. The zero-order chi connectivity index (χ0) is 11.7. The van der Waals surface area contributed by atoms with Crippen LogP contribution in [0.25, 0.3) is 0 Å². The molecule has 0 aromatic carbocycles. The van der Waals surface area contributed by atoms with E-state index in [0.29, 0.717) is 28.9 Å². The van der Waals surface area contributed by atoms with Crippen LogP contribution < -0.4 is 11.1 Å². The maximum absolute atomic E-state index is 11.8. The molecule has 2 atom stereocenters. The number of nitrogens with zero attached hydrogens (tertiary/aromatic N) is 1. The lowest BCUT2D eigenvalue weighted by atomic mass is 10.2. The van der Waals surface area contributed by atoms with Crippen molar-refractivity contribution < 1.29 is 4.79 Å². The Morgan fingerprint density at radius 2 is 2.44 bits per heavy atom. The van der Waals surface area contributed by atoms with Crippen LogP contribution in [0.1, 0.15) is 23.7 Å². The van der Waals surface area contributed by atoms with E-state index in [-0.39, 0.29) is 5.91 Å². The smallest absolute Gasteiger partial charge is 0.252 e. The van der Waals surface area contributed by atoms with Crippen LogP contribution in [0.4, 0.5) is 5.82 Å². The summed E-state index contributed by atoms with van der Waals surface area (Å²) in [4.78, 5) is 15.6. The molecule has 0 bridgehead atoms. The molecule has 16 heavy (non-hydrogen) atoms. The average molecular weight is 240 g/mol. The number of nitrogens with two attached hydrogens (primary N) is 1. The molecule has 5 heteroatoms. The predicted octanol–water partition coefficient (Wildman–Crippen LogP) is 1.70. The number of amides is 1. The average Bonchev–Trinajstić information content (AvgIpc) is 2.95. The monoisotopic (exact) mass is 239 g/mol. The molecule has 0 spiro atoms. The van der Waals surface area contributed by atoms with Gasteiger partial charge in [-0.25, -0.2) is 4.98 Å². The summed E-state index contributed by atoms with van der Waals surface area (Å²) in [6.07, 6.45) is 2.58. The maximum Gasteiger partial charge on any atom is 0.252 e. The van der Waals surface area contributed by atoms with Gasteiger partial charge in [-0.2, -0.15) is 0 Å². The van der Waals surface area contributed by atoms with E-state index in [1.54, 1.807) is 0 Å². The number of hydrogen-bond acceptors (Lipinski definition) is 3. The first kappa shape index (κ1) is 11.2. The van der Waals surface area contributed by atoms with Crippen LogP contribution in [0.5, 0.6) is 0 Å². The fourth-order valence-electron chi connectivity index (χ4n) is 1.63. The van der Waals surface area contributed by atoms with Gasteiger partial charge in [-0.15, -0.1) is 0 Å². The van der Waals surface area contributed by atoms with E-state index in [2.05, 4.69) is 17.2 Å². The summed E-state index contributed by atoms with van der Waals surface area (Å²) in [5.74, 6) is 1.45. The van der Waals surface area contributed by atoms with E-state index < -0.39 is 0 Å². The Bertz CT molecular complexity index is 422. The van der Waals surface area contributed by atoms with Gasteiger partial charge in [-0.05, 0) is 24.3 Å². The number of nitrogens with one attached hydrogen (secondary N) is 1. The third-order valence-corrected chi connectivity index (χ3v) is 3.22. The Morgan fingerprint density at radius 1 is 1.75 bits per heavy atom. The second-order valence-corrected chi connectivity index (χ2v) is 4.68. The van der Waals surface area contributed by atoms with Crippen LogP contribution in [0, 0.1) is 11.8 Å². The lowest BCUT2D eigenvalue weighted by Crippen LogP contribution is -2.26. The molecule has 1 aromatic heterocycles. The zero-order valence-electron chi connectivity index (χ0n) is 9.03. The van der Waals surface area contributed by atoms with Crippen molar-refractivity contribution in [3.8, 4) is 0 Å². The highest BCUT2D eigenvalue weighted by atomic mass is 35.5. The number of carbonyl (C=O) groups is 1. The first-order valence-electron chi connectivity index (χ1n) is 5.27. The van der Waals surface area contributed by atoms with E-state index in [1.807, 2.05) is 0 Å². The van der Waals surface area contributed by atoms with Crippen molar-refractivity contribution in [2.24, 2.45) is 11.8 Å². The molecule has 4 nitrogen and oxygen atoms in total. The van der Waals surface area contributed by atoms with Gasteiger partial charge in [0, 0.05) is 12.7 Å². The molecule has 1 saturated carbocycles. The van der Waals surface area contributed by atoms with E-state index in [9.17, 15) is 4.79 Å². The standard InChI is InChI=1S/C11H14ClN3O/c1-6-2-7(6)4-15-11(16)8-3-10(13)14-5-9(8)12/h3,5-7H,2,4H2,1H3,(H2,13,14)(H,15,16). The van der Waals surface area contributed by atoms with Crippen LogP contribution in [0.15, 0.2) is 12.3 Å². The largest absolute Gasteiger partial charge is 0.384 e. The summed E-state index contributed by atoms with van der Waals surface area (Å²) < 4.78 is 0. The summed E-state index contributed by atoms with van der Waals surface area (Å²) in [5.41, 5.74) is 5.90. The van der Waals surface area contributed by atoms with Gasteiger partial charge in [0.1, 0.15) is 5.82 Å². The third kappa shape index (κ3) is 2.44. The van der Waals surface area contributed by atoms with Crippen molar-refractivity contribution in [1.82, 2.24) is 10.3 Å². The van der Waals surface area contributed by atoms with Crippen molar-refractivity contribution in [2.75, 3.05) is 12.3 Å². The van der Waals surface area contributed by atoms with Gasteiger partial charge in [-0.3, -0.25) is 4.79 Å². The van der Waals surface area contributed by atoms with Crippen molar-refractivity contribution in [3.05, 3.63) is 22.8 Å². The zero-order valence-corrected chi connectivity index (χ0v) is 9.79. The number of anilines is 1. The Morgan fingerprint density at radius 3 is 3.06 bits per heavy atom. The van der Waals surface area contributed by atoms with E-state index in [4.69, 9.17) is 17.3 Å². The normalized spacial score (nSPS) is 22.9. The Labute approximate surface area is 99.2 Å². The lowest BCUT2D eigenvalue weighted by molar-refractivity contribution is 0.0951. The van der Waals surface area contributed by atoms with E-state index in [1.165, 1.54) is 18.7 Å². The minimum Gasteiger partial charge on any atom is -0.384 e. The van der Waals surface area contributed by atoms with Crippen molar-refractivity contribution in [3.63, 3.8) is 0 Å². The molecule has 86 valence electrons. The first-order chi connectivity index (χ1) is 7.58. The second-order valence-electron chi connectivity index (χ2n) is 4.27. The minimum absolute atomic E-state index is 0.182. The number of pyridine rings is 1. The first-order valence-corrected chi connectivity index (χ1v) is 5.65. The Hall–Kier alpha value is -1.29. The molecule has 2 rings (SSSR count). The topological polar surface area (TPSA) is 68.0 Å². The highest BCUT2D eigenvalue weighted by molar-refractivity contribution is 6.33. The van der Waals surface area contributed by atoms with Crippen molar-refractivity contribution in [1.29, 1.82) is 0 Å². The van der Waals surface area contributed by atoms with Gasteiger partial charge in [0.05, 0.1) is 10.6 Å². The fraction of sp³-hybridized carbons (Fsp3) is 0.455. The van der Waals surface area contributed by atoms with Crippen LogP contribution >= 0.6 is 11.6 Å². The van der Waals surface area contributed by atoms with Crippen LogP contribution in [0.3, 0.4) is 0 Å². The molecule has 1 fully saturated rings. The van der Waals surface area contributed by atoms with Gasteiger partial charge >= 0.3 is 0 Å². The number of hydrogen-bond donors (Lipinski definition) is 2. The Balaban J connectivity index is 1.99. The quantitative estimate of drug-likeness (QED) is 0.844. The SMILES string of the molecule is CC1CC1CNC(=O)c1cc(N)ncc1Cl. The molecular formula is C11H14ClN3O. The molecule has 0 radical (unpaired) electrons. The summed E-state index contributed by atoms with van der Waals surface area (Å²) >= 11 is 5.87. The third-order valence-electron chi connectivity index (χ3n) is 2.92. The highest BCUT2D eigenvalue weighted by Gasteiger charge is 2.32. The fourth-order valence-corrected chi connectivity index (χ4v) is 1.82. The lowest BCUT2D eigenvalue weighted by Gasteiger charge is -2.06. The molecular weight excluding hydrogens is 226 g/mol. The molecule has 1 amide bonds. The maximum atomic E-state index is 11.8. The van der Waals surface area contributed by atoms with E-state index >= 15 is 0 Å². The van der Waals surface area contributed by atoms with Gasteiger partial charge in [0.25, 0.3) is 5.91 Å². The Kier molecular flexibility index (Phi) is 3.01. The van der Waals surface area contributed by atoms with Crippen molar-refractivity contribution >= 4 is 23.3 Å². The van der Waals surface area contributed by atoms with Gasteiger partial charge in [-0.1, -0.05) is 18.5 Å². The number of carbonyl (C=O) groups excluding carboxylic acids is 1. The summed E-state index contributed by atoms with van der Waals surface area (Å²) in [6, 6.07) is 1.49. The van der Waals surface area contributed by atoms with Crippen LogP contribution in [-0.2, 0) is 0 Å². The summed E-state index contributed by atoms with van der Waals surface area (Å²) in [6.45, 7) is 2.88. The summed E-state index contributed by atoms with van der Waals surface area (Å²) in [7, 11) is 0. The summed E-state index contributed by atoms with van der Waals surface area (Å²) in [5, 5.41) is 3.18. The van der Waals surface area contributed by atoms with Gasteiger partial charge in [0.15, 0.2) is 0 Å². The second kappa shape index (κ2) is 4.29. The predicted molar refractivity (Wildman–Crippen MR) is 63.3 cm³/mol. The molecule has 0 aliphatic heterocycles. The van der Waals surface area contributed by atoms with Gasteiger partial charge in [0.2, 0.25) is 0 Å². The van der Waals surface area contributed by atoms with Gasteiger partial charge < -0.3 is 11.1 Å². The van der Waals surface area contributed by atoms with Crippen LogP contribution in [0.2, 0.25) is 5.02 Å². The molecule has 1 aromatic rings.